The minimum atomic E-state index is -2.44. The Hall–Kier alpha value is 0.696. The first-order chi connectivity index (χ1) is 12.2. The van der Waals surface area contributed by atoms with Gasteiger partial charge >= 0.3 is 34.4 Å². The van der Waals surface area contributed by atoms with Gasteiger partial charge in [0, 0.05) is 26.9 Å². The molecule has 150 valence electrons. The molecule has 1 atom stereocenters. The molecule has 0 aromatic heterocycles. The van der Waals surface area contributed by atoms with E-state index in [0.29, 0.717) is 28.1 Å². The summed E-state index contributed by atoms with van der Waals surface area (Å²) in [6.45, 7) is 4.49. The van der Waals surface area contributed by atoms with Crippen molar-refractivity contribution in [3.63, 3.8) is 0 Å². The molecule has 0 amide bonds. The summed E-state index contributed by atoms with van der Waals surface area (Å²) in [7, 11) is 2.73. The molecule has 0 aliphatic carbocycles. The molecule has 0 aromatic carbocycles. The van der Waals surface area contributed by atoms with Crippen molar-refractivity contribution < 1.29 is 16.4 Å². The van der Waals surface area contributed by atoms with Crippen LogP contribution >= 0.6 is 0 Å². The normalized spacial score (nSPS) is 12.5. The van der Waals surface area contributed by atoms with Gasteiger partial charge in [0.05, 0.1) is 0 Å². The Kier molecular flexibility index (Phi) is 23.4. The van der Waals surface area contributed by atoms with Crippen molar-refractivity contribution in [3.8, 4) is 0 Å². The van der Waals surface area contributed by atoms with Gasteiger partial charge < -0.3 is 13.3 Å². The average molecular weight is 481 g/mol. The maximum absolute atomic E-state index is 8.34. The third-order valence-corrected chi connectivity index (χ3v) is 8.41. The van der Waals surface area contributed by atoms with Gasteiger partial charge in [-0.25, -0.2) is 0 Å². The summed E-state index contributed by atoms with van der Waals surface area (Å²) < 4.78 is 25.2. The molecule has 0 aliphatic heterocycles. The van der Waals surface area contributed by atoms with Crippen molar-refractivity contribution in [2.24, 2.45) is 0 Å². The Morgan fingerprint density at radius 3 is 1.36 bits per heavy atom. The zero-order valence-corrected chi connectivity index (χ0v) is 21.3. The third-order valence-electron chi connectivity index (χ3n) is 5.00. The van der Waals surface area contributed by atoms with Gasteiger partial charge in [0.25, 0.3) is 0 Å². The molecule has 25 heavy (non-hydrogen) atoms. The number of hydrogen-bond donors (Lipinski definition) is 0. The Balaban J connectivity index is 0. The van der Waals surface area contributed by atoms with Crippen molar-refractivity contribution >= 4 is 31.3 Å². The first-order valence-electron chi connectivity index (χ1n) is 10.1. The fraction of sp³-hybridized carbons (Fsp3) is 1.00. The number of rotatable bonds is 17. The predicted octanol–water partition coefficient (Wildman–Crippen LogP) is 5.85. The van der Waals surface area contributed by atoms with Gasteiger partial charge in [0.1, 0.15) is 0 Å². The fourth-order valence-electron chi connectivity index (χ4n) is 3.44. The monoisotopic (exact) mass is 482 g/mol. The van der Waals surface area contributed by atoms with Gasteiger partial charge in [-0.2, -0.15) is 0 Å². The van der Waals surface area contributed by atoms with Crippen LogP contribution in [0, 0.1) is 0 Å². The topological polar surface area (TPSA) is 44.8 Å². The maximum atomic E-state index is 8.34. The van der Waals surface area contributed by atoms with E-state index in [1.54, 1.807) is 21.3 Å². The molecule has 0 spiro atoms. The van der Waals surface area contributed by atoms with Crippen molar-refractivity contribution in [1.82, 2.24) is 0 Å². The van der Waals surface area contributed by atoms with Gasteiger partial charge in [-0.1, -0.05) is 84.5 Å². The zero-order valence-electron chi connectivity index (χ0n) is 17.4. The first-order valence-corrected chi connectivity index (χ1v) is 13.0. The van der Waals surface area contributed by atoms with Crippen LogP contribution in [0.1, 0.15) is 97.3 Å². The zero-order chi connectivity index (χ0) is 19.4. The molecular weight excluding hydrogens is 439 g/mol. The van der Waals surface area contributed by atoms with Crippen molar-refractivity contribution in [3.05, 3.63) is 0 Å². The molecule has 0 fully saturated rings. The van der Waals surface area contributed by atoms with Crippen LogP contribution in [0.5, 0.6) is 0 Å². The van der Waals surface area contributed by atoms with E-state index in [1.165, 1.54) is 70.6 Å². The van der Waals surface area contributed by atoms with Crippen molar-refractivity contribution in [2.45, 2.75) is 103 Å². The molecule has 0 saturated heterocycles. The van der Waals surface area contributed by atoms with Gasteiger partial charge in [-0.3, -0.25) is 0 Å². The van der Waals surface area contributed by atoms with E-state index in [1.807, 2.05) is 0 Å². The number of hydrogen-bond acceptors (Lipinski definition) is 4. The summed E-state index contributed by atoms with van der Waals surface area (Å²) in [6, 6.07) is 0. The fourth-order valence-corrected chi connectivity index (χ4v) is 5.99. The summed E-state index contributed by atoms with van der Waals surface area (Å²) in [6.07, 6.45) is 17.5. The van der Waals surface area contributed by atoms with Crippen LogP contribution in [-0.2, 0) is 16.4 Å². The second-order valence-electron chi connectivity index (χ2n) is 6.65. The second kappa shape index (κ2) is 21.0. The minimum absolute atomic E-state index is 0.300. The molecule has 0 aliphatic rings. The van der Waals surface area contributed by atoms with Crippen LogP contribution in [0.2, 0.25) is 5.54 Å². The van der Waals surface area contributed by atoms with Gasteiger partial charge in [0.2, 0.25) is 0 Å². The summed E-state index contributed by atoms with van der Waals surface area (Å²) in [5.74, 6) is 0. The van der Waals surface area contributed by atoms with Crippen LogP contribution < -0.4 is 0 Å². The van der Waals surface area contributed by atoms with Gasteiger partial charge in [0.15, 0.2) is 0 Å². The third kappa shape index (κ3) is 13.5. The molecule has 0 aromatic rings. The Morgan fingerprint density at radius 2 is 1.04 bits per heavy atom. The summed E-state index contributed by atoms with van der Waals surface area (Å²) in [5, 5.41) is 0. The molecular formula is C19H42O4SiSn. The van der Waals surface area contributed by atoms with E-state index < -0.39 is 8.80 Å². The molecule has 0 saturated carbocycles. The molecule has 0 heterocycles. The SMILES string of the molecule is CCCCCCCCCCCCCC(CC)[Si](OC)(OC)OC.[O]=[Sn]. The van der Waals surface area contributed by atoms with Crippen LogP contribution in [0.15, 0.2) is 0 Å². The second-order valence-corrected chi connectivity index (χ2v) is 9.89. The van der Waals surface area contributed by atoms with E-state index in [0.717, 1.165) is 12.8 Å². The standard InChI is InChI=1S/C19H42O3Si.O.Sn/c1-6-8-9-10-11-12-13-14-15-16-17-18-19(7-2)23(20-3,21-4)22-5;;/h19H,6-18H2,1-5H3;;. The van der Waals surface area contributed by atoms with E-state index in [-0.39, 0.29) is 0 Å². The van der Waals surface area contributed by atoms with Crippen LogP contribution in [-0.4, -0.2) is 52.6 Å². The summed E-state index contributed by atoms with van der Waals surface area (Å²) in [5.41, 5.74) is 0.432. The molecule has 6 heteroatoms. The number of unbranched alkanes of at least 4 members (excludes halogenated alkanes) is 10. The molecule has 2 radical (unpaired) electrons. The van der Waals surface area contributed by atoms with Gasteiger partial charge in [-0.05, 0) is 12.8 Å². The Labute approximate surface area is 171 Å². The Bertz CT molecular complexity index is 258. The first kappa shape index (κ1) is 27.9. The quantitative estimate of drug-likeness (QED) is 0.193. The van der Waals surface area contributed by atoms with E-state index in [2.05, 4.69) is 13.8 Å². The summed E-state index contributed by atoms with van der Waals surface area (Å²) >= 11 is 0.300. The van der Waals surface area contributed by atoms with Crippen LogP contribution in [0.3, 0.4) is 0 Å². The van der Waals surface area contributed by atoms with Crippen molar-refractivity contribution in [1.29, 1.82) is 0 Å². The van der Waals surface area contributed by atoms with Crippen molar-refractivity contribution in [2.75, 3.05) is 21.3 Å². The average Bonchev–Trinajstić information content (AvgIpc) is 2.67. The predicted molar refractivity (Wildman–Crippen MR) is 108 cm³/mol. The molecule has 0 N–H and O–H groups in total. The summed E-state index contributed by atoms with van der Waals surface area (Å²) in [4.78, 5) is 0. The Morgan fingerprint density at radius 1 is 0.680 bits per heavy atom. The molecule has 0 rings (SSSR count). The van der Waals surface area contributed by atoms with Crippen LogP contribution in [0.25, 0.3) is 0 Å². The van der Waals surface area contributed by atoms with Crippen LogP contribution in [0.4, 0.5) is 0 Å². The molecule has 0 bridgehead atoms. The van der Waals surface area contributed by atoms with Gasteiger partial charge in [-0.15, -0.1) is 0 Å². The van der Waals surface area contributed by atoms with E-state index in [4.69, 9.17) is 16.4 Å². The molecule has 4 nitrogen and oxygen atoms in total. The molecule has 1 unspecified atom stereocenters. The van der Waals surface area contributed by atoms with E-state index >= 15 is 0 Å². The van der Waals surface area contributed by atoms with E-state index in [9.17, 15) is 0 Å².